The van der Waals surface area contributed by atoms with Crippen molar-refractivity contribution in [3.05, 3.63) is 54.1 Å². The van der Waals surface area contributed by atoms with Crippen LogP contribution >= 0.6 is 0 Å². The highest BCUT2D eigenvalue weighted by atomic mass is 15.4. The molecule has 3 heterocycles. The van der Waals surface area contributed by atoms with E-state index in [4.69, 9.17) is 4.98 Å². The van der Waals surface area contributed by atoms with Gasteiger partial charge in [0, 0.05) is 36.6 Å². The van der Waals surface area contributed by atoms with Gasteiger partial charge in [0.05, 0.1) is 5.52 Å². The molecule has 6 nitrogen and oxygen atoms in total. The number of fused-ring (bicyclic) bond motifs is 3. The van der Waals surface area contributed by atoms with Gasteiger partial charge in [0.1, 0.15) is 0 Å². The minimum absolute atomic E-state index is 0.417. The van der Waals surface area contributed by atoms with Gasteiger partial charge in [0.2, 0.25) is 5.95 Å². The molecule has 6 heteroatoms. The first-order chi connectivity index (χ1) is 13.2. The molecule has 0 bridgehead atoms. The quantitative estimate of drug-likeness (QED) is 0.597. The molecule has 0 saturated carbocycles. The summed E-state index contributed by atoms with van der Waals surface area (Å²) in [5.74, 6) is 1.77. The Balaban J connectivity index is 1.83. The van der Waals surface area contributed by atoms with E-state index in [0.717, 1.165) is 53.5 Å². The molecular weight excluding hydrogens is 336 g/mol. The number of hydrogen-bond donors (Lipinski definition) is 1. The fourth-order valence-corrected chi connectivity index (χ4v) is 3.89. The van der Waals surface area contributed by atoms with Gasteiger partial charge in [0.25, 0.3) is 0 Å². The van der Waals surface area contributed by atoms with E-state index in [9.17, 15) is 0 Å². The molecule has 1 unspecified atom stereocenters. The minimum atomic E-state index is 0.417. The van der Waals surface area contributed by atoms with Gasteiger partial charge in [0.15, 0.2) is 11.5 Å². The van der Waals surface area contributed by atoms with Crippen molar-refractivity contribution in [2.24, 2.45) is 0 Å². The Morgan fingerprint density at radius 2 is 1.85 bits per heavy atom. The van der Waals surface area contributed by atoms with Crippen molar-refractivity contribution >= 4 is 22.5 Å². The number of nitrogens with one attached hydrogen (secondary N) is 1. The fraction of sp³-hybridized carbons (Fsp3) is 0.286. The Hall–Kier alpha value is -2.99. The Morgan fingerprint density at radius 3 is 2.70 bits per heavy atom. The van der Waals surface area contributed by atoms with E-state index in [1.54, 1.807) is 0 Å². The van der Waals surface area contributed by atoms with Crippen molar-refractivity contribution in [1.82, 2.24) is 24.9 Å². The molecule has 1 saturated heterocycles. The van der Waals surface area contributed by atoms with Crippen LogP contribution in [0.25, 0.3) is 27.9 Å². The van der Waals surface area contributed by atoms with Crippen LogP contribution in [0.5, 0.6) is 0 Å². The average Bonchev–Trinajstić information content (AvgIpc) is 3.13. The number of nitrogens with zero attached hydrogens (tertiary/aromatic N) is 5. The highest BCUT2D eigenvalue weighted by Crippen LogP contribution is 2.30. The van der Waals surface area contributed by atoms with Crippen LogP contribution in [-0.4, -0.2) is 45.3 Å². The largest absolute Gasteiger partial charge is 0.339 e. The zero-order valence-corrected chi connectivity index (χ0v) is 15.6. The summed E-state index contributed by atoms with van der Waals surface area (Å²) in [6, 6.07) is 16.9. The summed E-state index contributed by atoms with van der Waals surface area (Å²) >= 11 is 0. The maximum atomic E-state index is 5.03. The number of benzene rings is 2. The van der Waals surface area contributed by atoms with Gasteiger partial charge < -0.3 is 10.2 Å². The second-order valence-electron chi connectivity index (χ2n) is 7.23. The van der Waals surface area contributed by atoms with Crippen LogP contribution in [0.3, 0.4) is 0 Å². The molecule has 27 heavy (non-hydrogen) atoms. The summed E-state index contributed by atoms with van der Waals surface area (Å²) in [5, 5.41) is 13.7. The molecule has 0 aliphatic carbocycles. The molecule has 1 atom stereocenters. The smallest absolute Gasteiger partial charge is 0.213 e. The van der Waals surface area contributed by atoms with Crippen molar-refractivity contribution in [2.75, 3.05) is 24.5 Å². The number of hydrogen-bond acceptors (Lipinski definition) is 5. The number of aryl methyl sites for hydroxylation is 1. The minimum Gasteiger partial charge on any atom is -0.339 e. The summed E-state index contributed by atoms with van der Waals surface area (Å²) < 4.78 is 2.13. The van der Waals surface area contributed by atoms with E-state index in [2.05, 4.69) is 62.9 Å². The third-order valence-electron chi connectivity index (χ3n) is 5.27. The van der Waals surface area contributed by atoms with Crippen LogP contribution in [0.1, 0.15) is 12.5 Å². The molecule has 2 aromatic carbocycles. The van der Waals surface area contributed by atoms with Crippen LogP contribution in [-0.2, 0) is 0 Å². The van der Waals surface area contributed by atoms with E-state index in [1.165, 1.54) is 5.56 Å². The van der Waals surface area contributed by atoms with Crippen molar-refractivity contribution in [1.29, 1.82) is 0 Å². The number of anilines is 1. The molecular formula is C21H22N6. The molecule has 4 aromatic rings. The summed E-state index contributed by atoms with van der Waals surface area (Å²) in [4.78, 5) is 7.37. The molecule has 1 N–H and O–H groups in total. The lowest BCUT2D eigenvalue weighted by molar-refractivity contribution is 0.479. The Labute approximate surface area is 157 Å². The monoisotopic (exact) mass is 358 g/mol. The summed E-state index contributed by atoms with van der Waals surface area (Å²) in [6.45, 7) is 7.08. The van der Waals surface area contributed by atoms with Crippen LogP contribution in [0, 0.1) is 6.92 Å². The van der Waals surface area contributed by atoms with Crippen LogP contribution in [0.4, 0.5) is 5.95 Å². The third kappa shape index (κ3) is 2.64. The van der Waals surface area contributed by atoms with Crippen molar-refractivity contribution < 1.29 is 0 Å². The first-order valence-corrected chi connectivity index (χ1v) is 9.40. The van der Waals surface area contributed by atoms with E-state index in [0.29, 0.717) is 6.04 Å². The summed E-state index contributed by atoms with van der Waals surface area (Å²) in [7, 11) is 0. The van der Waals surface area contributed by atoms with Crippen molar-refractivity contribution in [2.45, 2.75) is 19.9 Å². The SMILES string of the molecule is Cc1ccccc1-c1nnc2c3ccccc3nc(N3CCNC(C)C3)n12. The van der Waals surface area contributed by atoms with Gasteiger partial charge in [-0.2, -0.15) is 0 Å². The van der Waals surface area contributed by atoms with Crippen molar-refractivity contribution in [3.63, 3.8) is 0 Å². The second kappa shape index (κ2) is 6.32. The number of para-hydroxylation sites is 1. The number of rotatable bonds is 2. The van der Waals surface area contributed by atoms with E-state index < -0.39 is 0 Å². The Bertz CT molecular complexity index is 1130. The molecule has 136 valence electrons. The second-order valence-corrected chi connectivity index (χ2v) is 7.23. The van der Waals surface area contributed by atoms with E-state index in [1.807, 2.05) is 24.3 Å². The zero-order chi connectivity index (χ0) is 18.4. The number of piperazine rings is 1. The maximum absolute atomic E-state index is 5.03. The molecule has 1 fully saturated rings. The van der Waals surface area contributed by atoms with Crippen LogP contribution in [0.2, 0.25) is 0 Å². The van der Waals surface area contributed by atoms with Crippen LogP contribution in [0.15, 0.2) is 48.5 Å². The Kier molecular flexibility index (Phi) is 3.79. The first kappa shape index (κ1) is 16.2. The average molecular weight is 358 g/mol. The fourth-order valence-electron chi connectivity index (χ4n) is 3.89. The lowest BCUT2D eigenvalue weighted by Gasteiger charge is -2.33. The number of aromatic nitrogens is 4. The van der Waals surface area contributed by atoms with Crippen LogP contribution < -0.4 is 10.2 Å². The zero-order valence-electron chi connectivity index (χ0n) is 15.6. The maximum Gasteiger partial charge on any atom is 0.213 e. The molecule has 1 aliphatic heterocycles. The molecule has 0 radical (unpaired) electrons. The summed E-state index contributed by atoms with van der Waals surface area (Å²) in [6.07, 6.45) is 0. The standard InChI is InChI=1S/C21H22N6/c1-14-7-3-4-8-16(14)19-24-25-20-17-9-5-6-10-18(17)23-21(27(19)20)26-12-11-22-15(2)13-26/h3-10,15,22H,11-13H2,1-2H3. The van der Waals surface area contributed by atoms with Gasteiger partial charge >= 0.3 is 0 Å². The predicted molar refractivity (Wildman–Crippen MR) is 108 cm³/mol. The molecule has 1 aliphatic rings. The van der Waals surface area contributed by atoms with Gasteiger partial charge in [-0.05, 0) is 31.5 Å². The molecule has 2 aromatic heterocycles. The molecule has 0 spiro atoms. The summed E-state index contributed by atoms with van der Waals surface area (Å²) in [5.41, 5.74) is 4.08. The van der Waals surface area contributed by atoms with E-state index in [-0.39, 0.29) is 0 Å². The van der Waals surface area contributed by atoms with Gasteiger partial charge in [-0.1, -0.05) is 36.4 Å². The predicted octanol–water partition coefficient (Wildman–Crippen LogP) is 3.05. The molecule has 5 rings (SSSR count). The lowest BCUT2D eigenvalue weighted by atomic mass is 10.1. The van der Waals surface area contributed by atoms with Gasteiger partial charge in [-0.25, -0.2) is 9.38 Å². The normalized spacial score (nSPS) is 17.7. The topological polar surface area (TPSA) is 58.4 Å². The first-order valence-electron chi connectivity index (χ1n) is 9.40. The van der Waals surface area contributed by atoms with Crippen molar-refractivity contribution in [3.8, 4) is 11.4 Å². The van der Waals surface area contributed by atoms with E-state index >= 15 is 0 Å². The lowest BCUT2D eigenvalue weighted by Crippen LogP contribution is -2.50. The third-order valence-corrected chi connectivity index (χ3v) is 5.27. The highest BCUT2D eigenvalue weighted by molar-refractivity contribution is 5.93. The Morgan fingerprint density at radius 1 is 1.04 bits per heavy atom. The van der Waals surface area contributed by atoms with Gasteiger partial charge in [-0.3, -0.25) is 0 Å². The van der Waals surface area contributed by atoms with Gasteiger partial charge in [-0.15, -0.1) is 10.2 Å². The molecule has 0 amide bonds. The highest BCUT2D eigenvalue weighted by Gasteiger charge is 2.24.